The highest BCUT2D eigenvalue weighted by molar-refractivity contribution is 5.39. The molecule has 6 nitrogen and oxygen atoms in total. The monoisotopic (exact) mass is 225 g/mol. The van der Waals surface area contributed by atoms with E-state index in [-0.39, 0.29) is 11.2 Å². The number of rotatable bonds is 4. The predicted molar refractivity (Wildman–Crippen MR) is 58.5 cm³/mol. The topological polar surface area (TPSA) is 76.2 Å². The summed E-state index contributed by atoms with van der Waals surface area (Å²) in [4.78, 5) is 11.0. The molecule has 1 saturated heterocycles. The molecular weight excluding hydrogens is 210 g/mol. The second-order valence-corrected chi connectivity index (χ2v) is 3.88. The maximum atomic E-state index is 11.0. The SMILES string of the molecule is COC1(CNc2cn[nH]c(=O)c2)CCOC1. The van der Waals surface area contributed by atoms with Crippen molar-refractivity contribution in [3.05, 3.63) is 22.6 Å². The van der Waals surface area contributed by atoms with Crippen molar-refractivity contribution in [2.24, 2.45) is 0 Å². The summed E-state index contributed by atoms with van der Waals surface area (Å²) in [6.07, 6.45) is 2.42. The number of hydrogen-bond acceptors (Lipinski definition) is 5. The van der Waals surface area contributed by atoms with Gasteiger partial charge >= 0.3 is 0 Å². The van der Waals surface area contributed by atoms with Crippen LogP contribution in [0.4, 0.5) is 5.69 Å². The Labute approximate surface area is 93.0 Å². The molecule has 2 heterocycles. The number of ether oxygens (including phenoxy) is 2. The Morgan fingerprint density at radius 1 is 1.75 bits per heavy atom. The lowest BCUT2D eigenvalue weighted by atomic mass is 10.0. The van der Waals surface area contributed by atoms with Crippen LogP contribution in [0.2, 0.25) is 0 Å². The fourth-order valence-corrected chi connectivity index (χ4v) is 1.70. The number of H-pyrrole nitrogens is 1. The molecule has 2 N–H and O–H groups in total. The number of hydrogen-bond donors (Lipinski definition) is 2. The van der Waals surface area contributed by atoms with Crippen molar-refractivity contribution < 1.29 is 9.47 Å². The van der Waals surface area contributed by atoms with Gasteiger partial charge in [0.2, 0.25) is 0 Å². The molecule has 0 aliphatic carbocycles. The van der Waals surface area contributed by atoms with E-state index in [2.05, 4.69) is 15.5 Å². The van der Waals surface area contributed by atoms with Crippen LogP contribution in [-0.2, 0) is 9.47 Å². The third-order valence-corrected chi connectivity index (χ3v) is 2.78. The highest BCUT2D eigenvalue weighted by atomic mass is 16.5. The number of anilines is 1. The lowest BCUT2D eigenvalue weighted by Gasteiger charge is -2.26. The van der Waals surface area contributed by atoms with Gasteiger partial charge in [0.05, 0.1) is 18.5 Å². The van der Waals surface area contributed by atoms with Gasteiger partial charge in [0.1, 0.15) is 5.60 Å². The van der Waals surface area contributed by atoms with Gasteiger partial charge in [-0.25, -0.2) is 5.10 Å². The molecule has 1 aromatic rings. The van der Waals surface area contributed by atoms with Crippen LogP contribution in [0.25, 0.3) is 0 Å². The quantitative estimate of drug-likeness (QED) is 0.753. The third-order valence-electron chi connectivity index (χ3n) is 2.78. The van der Waals surface area contributed by atoms with Gasteiger partial charge < -0.3 is 14.8 Å². The smallest absolute Gasteiger partial charge is 0.266 e. The second-order valence-electron chi connectivity index (χ2n) is 3.88. The number of nitrogens with one attached hydrogen (secondary N) is 2. The van der Waals surface area contributed by atoms with E-state index in [1.807, 2.05) is 0 Å². The van der Waals surface area contributed by atoms with Gasteiger partial charge in [-0.3, -0.25) is 4.79 Å². The summed E-state index contributed by atoms with van der Waals surface area (Å²) in [6.45, 7) is 1.89. The number of aromatic amines is 1. The maximum absolute atomic E-state index is 11.0. The Balaban J connectivity index is 1.98. The first kappa shape index (κ1) is 11.1. The van der Waals surface area contributed by atoms with Crippen LogP contribution in [0.3, 0.4) is 0 Å². The maximum Gasteiger partial charge on any atom is 0.266 e. The zero-order valence-corrected chi connectivity index (χ0v) is 9.16. The molecule has 0 amide bonds. The van der Waals surface area contributed by atoms with Gasteiger partial charge in [-0.2, -0.15) is 5.10 Å². The molecule has 0 saturated carbocycles. The molecule has 16 heavy (non-hydrogen) atoms. The minimum Gasteiger partial charge on any atom is -0.381 e. The molecule has 0 spiro atoms. The molecule has 1 fully saturated rings. The Morgan fingerprint density at radius 2 is 2.62 bits per heavy atom. The van der Waals surface area contributed by atoms with Crippen molar-refractivity contribution in [2.75, 3.05) is 32.2 Å². The fourth-order valence-electron chi connectivity index (χ4n) is 1.70. The summed E-state index contributed by atoms with van der Waals surface area (Å²) < 4.78 is 10.8. The molecule has 6 heteroatoms. The van der Waals surface area contributed by atoms with Crippen LogP contribution in [0.5, 0.6) is 0 Å². The Kier molecular flexibility index (Phi) is 3.21. The molecule has 0 aromatic carbocycles. The molecule has 0 radical (unpaired) electrons. The van der Waals surface area contributed by atoms with Gasteiger partial charge in [0.25, 0.3) is 5.56 Å². The zero-order chi connectivity index (χ0) is 11.4. The van der Waals surface area contributed by atoms with Crippen LogP contribution in [0.1, 0.15) is 6.42 Å². The summed E-state index contributed by atoms with van der Waals surface area (Å²) >= 11 is 0. The molecule has 1 aliphatic rings. The molecule has 1 aliphatic heterocycles. The molecule has 0 bridgehead atoms. The van der Waals surface area contributed by atoms with Crippen molar-refractivity contribution in [1.82, 2.24) is 10.2 Å². The van der Waals surface area contributed by atoms with E-state index in [1.54, 1.807) is 13.3 Å². The van der Waals surface area contributed by atoms with Gasteiger partial charge in [0.15, 0.2) is 0 Å². The van der Waals surface area contributed by atoms with Crippen LogP contribution >= 0.6 is 0 Å². The van der Waals surface area contributed by atoms with E-state index in [1.165, 1.54) is 6.07 Å². The summed E-state index contributed by atoms with van der Waals surface area (Å²) in [5.74, 6) is 0. The summed E-state index contributed by atoms with van der Waals surface area (Å²) in [5.41, 5.74) is 0.175. The average Bonchev–Trinajstić information content (AvgIpc) is 2.76. The molecule has 88 valence electrons. The number of nitrogens with zero attached hydrogens (tertiary/aromatic N) is 1. The van der Waals surface area contributed by atoms with Gasteiger partial charge in [0, 0.05) is 32.7 Å². The standard InChI is InChI=1S/C10H15N3O3/c1-15-10(2-3-16-7-10)6-11-8-4-9(14)13-12-5-8/h4-5H,2-3,6-7H2,1H3,(H2,11,13,14). The van der Waals surface area contributed by atoms with Crippen molar-refractivity contribution in [3.63, 3.8) is 0 Å². The van der Waals surface area contributed by atoms with Crippen molar-refractivity contribution in [3.8, 4) is 0 Å². The highest BCUT2D eigenvalue weighted by Crippen LogP contribution is 2.22. The van der Waals surface area contributed by atoms with Crippen LogP contribution in [0, 0.1) is 0 Å². The van der Waals surface area contributed by atoms with Crippen LogP contribution < -0.4 is 10.9 Å². The van der Waals surface area contributed by atoms with E-state index < -0.39 is 0 Å². The largest absolute Gasteiger partial charge is 0.381 e. The van der Waals surface area contributed by atoms with Crippen molar-refractivity contribution >= 4 is 5.69 Å². The predicted octanol–water partition coefficient (Wildman–Crippen LogP) is -0.0127. The number of aromatic nitrogens is 2. The van der Waals surface area contributed by atoms with Gasteiger partial charge in [-0.05, 0) is 0 Å². The van der Waals surface area contributed by atoms with E-state index in [4.69, 9.17) is 9.47 Å². The molecule has 1 unspecified atom stereocenters. The van der Waals surface area contributed by atoms with E-state index >= 15 is 0 Å². The molecule has 1 atom stereocenters. The Hall–Kier alpha value is -1.40. The Morgan fingerprint density at radius 3 is 3.25 bits per heavy atom. The van der Waals surface area contributed by atoms with E-state index in [9.17, 15) is 4.79 Å². The van der Waals surface area contributed by atoms with Crippen molar-refractivity contribution in [1.29, 1.82) is 0 Å². The summed E-state index contributed by atoms with van der Waals surface area (Å²) in [6, 6.07) is 1.46. The minimum atomic E-state index is -0.289. The van der Waals surface area contributed by atoms with Crippen molar-refractivity contribution in [2.45, 2.75) is 12.0 Å². The normalized spacial score (nSPS) is 24.6. The molecule has 1 aromatic heterocycles. The van der Waals surface area contributed by atoms with E-state index in [0.717, 1.165) is 6.42 Å². The highest BCUT2D eigenvalue weighted by Gasteiger charge is 2.34. The Bertz CT molecular complexity index is 398. The first-order valence-electron chi connectivity index (χ1n) is 5.16. The molecule has 2 rings (SSSR count). The van der Waals surface area contributed by atoms with E-state index in [0.29, 0.717) is 25.4 Å². The zero-order valence-electron chi connectivity index (χ0n) is 9.16. The second kappa shape index (κ2) is 4.63. The fraction of sp³-hybridized carbons (Fsp3) is 0.600. The average molecular weight is 225 g/mol. The van der Waals surface area contributed by atoms with Gasteiger partial charge in [-0.15, -0.1) is 0 Å². The first-order chi connectivity index (χ1) is 7.74. The minimum absolute atomic E-state index is 0.223. The third kappa shape index (κ3) is 2.40. The lowest BCUT2D eigenvalue weighted by molar-refractivity contribution is -0.00620. The number of methoxy groups -OCH3 is 1. The first-order valence-corrected chi connectivity index (χ1v) is 5.16. The van der Waals surface area contributed by atoms with Crippen LogP contribution in [-0.4, -0.2) is 42.7 Å². The summed E-state index contributed by atoms with van der Waals surface area (Å²) in [5, 5.41) is 9.16. The summed E-state index contributed by atoms with van der Waals surface area (Å²) in [7, 11) is 1.67. The van der Waals surface area contributed by atoms with Crippen LogP contribution in [0.15, 0.2) is 17.1 Å². The lowest BCUT2D eigenvalue weighted by Crippen LogP contribution is -2.39. The molecular formula is C10H15N3O3. The van der Waals surface area contributed by atoms with Gasteiger partial charge in [-0.1, -0.05) is 0 Å².